The van der Waals surface area contributed by atoms with Crippen LogP contribution in [-0.2, 0) is 14.6 Å². The molecule has 1 unspecified atom stereocenters. The van der Waals surface area contributed by atoms with E-state index in [1.165, 1.54) is 0 Å². The van der Waals surface area contributed by atoms with Gasteiger partial charge in [-0.2, -0.15) is 0 Å². The average Bonchev–Trinajstić information content (AvgIpc) is 2.89. The van der Waals surface area contributed by atoms with Crippen LogP contribution in [-0.4, -0.2) is 25.9 Å². The van der Waals surface area contributed by atoms with E-state index in [4.69, 9.17) is 10.5 Å². The second kappa shape index (κ2) is 5.29. The third-order valence-corrected chi connectivity index (χ3v) is 7.12. The van der Waals surface area contributed by atoms with Gasteiger partial charge < -0.3 is 10.5 Å². The number of nitrogens with two attached hydrogens (primary N) is 1. The van der Waals surface area contributed by atoms with Crippen molar-refractivity contribution in [3.63, 3.8) is 0 Å². The van der Waals surface area contributed by atoms with Crippen LogP contribution in [0.2, 0.25) is 0 Å². The molecule has 0 radical (unpaired) electrons. The smallest absolute Gasteiger partial charge is 0.183 e. The van der Waals surface area contributed by atoms with Crippen molar-refractivity contribution in [1.29, 1.82) is 0 Å². The first-order valence-corrected chi connectivity index (χ1v) is 9.22. The molecule has 2 N–H and O–H groups in total. The zero-order chi connectivity index (χ0) is 15.1. The fraction of sp³-hybridized carbons (Fsp3) is 0.625. The quantitative estimate of drug-likeness (QED) is 0.853. The molecular weight excluding hydrogens is 286 g/mol. The Morgan fingerprint density at radius 1 is 1.29 bits per heavy atom. The maximum Gasteiger partial charge on any atom is 0.183 e. The van der Waals surface area contributed by atoms with Crippen molar-refractivity contribution in [2.24, 2.45) is 0 Å². The van der Waals surface area contributed by atoms with E-state index >= 15 is 0 Å². The van der Waals surface area contributed by atoms with Crippen molar-refractivity contribution in [3.05, 3.63) is 23.8 Å². The predicted octanol–water partition coefficient (Wildman–Crippen LogP) is 2.84. The molecule has 0 amide bonds. The SMILES string of the molecule is Cc1ccc(N)c(S(=O)(=O)C2CCOC3(CCCC3)C2)c1. The zero-order valence-electron chi connectivity index (χ0n) is 12.5. The largest absolute Gasteiger partial charge is 0.398 e. The second-order valence-corrected chi connectivity index (χ2v) is 8.64. The van der Waals surface area contributed by atoms with Crippen molar-refractivity contribution >= 4 is 15.5 Å². The van der Waals surface area contributed by atoms with E-state index in [9.17, 15) is 8.42 Å². The first-order chi connectivity index (χ1) is 9.93. The summed E-state index contributed by atoms with van der Waals surface area (Å²) in [5.74, 6) is 0. The van der Waals surface area contributed by atoms with Crippen molar-refractivity contribution in [3.8, 4) is 0 Å². The van der Waals surface area contributed by atoms with E-state index in [0.717, 1.165) is 31.2 Å². The van der Waals surface area contributed by atoms with Crippen molar-refractivity contribution in [2.45, 2.75) is 61.2 Å². The lowest BCUT2D eigenvalue weighted by molar-refractivity contribution is -0.0713. The number of hydrogen-bond acceptors (Lipinski definition) is 4. The number of nitrogen functional groups attached to an aromatic ring is 1. The Morgan fingerprint density at radius 3 is 2.71 bits per heavy atom. The van der Waals surface area contributed by atoms with E-state index < -0.39 is 9.84 Å². The molecule has 0 bridgehead atoms. The van der Waals surface area contributed by atoms with Crippen LogP contribution in [0.3, 0.4) is 0 Å². The molecule has 1 aliphatic heterocycles. The fourth-order valence-electron chi connectivity index (χ4n) is 3.68. The third-order valence-electron chi connectivity index (χ3n) is 4.88. The van der Waals surface area contributed by atoms with Gasteiger partial charge >= 0.3 is 0 Å². The molecular formula is C16H23NO3S. The van der Waals surface area contributed by atoms with Gasteiger partial charge in [0.1, 0.15) is 0 Å². The van der Waals surface area contributed by atoms with Crippen molar-refractivity contribution in [2.75, 3.05) is 12.3 Å². The number of aryl methyl sites for hydroxylation is 1. The summed E-state index contributed by atoms with van der Waals surface area (Å²) in [6.07, 6.45) is 5.43. The molecule has 1 aromatic carbocycles. The summed E-state index contributed by atoms with van der Waals surface area (Å²) in [7, 11) is -3.38. The summed E-state index contributed by atoms with van der Waals surface area (Å²) < 4.78 is 31.9. The summed E-state index contributed by atoms with van der Waals surface area (Å²) >= 11 is 0. The van der Waals surface area contributed by atoms with Crippen LogP contribution >= 0.6 is 0 Å². The lowest BCUT2D eigenvalue weighted by atomic mass is 9.92. The Balaban J connectivity index is 1.92. The first kappa shape index (κ1) is 14.9. The summed E-state index contributed by atoms with van der Waals surface area (Å²) in [6.45, 7) is 2.43. The number of ether oxygens (including phenoxy) is 1. The third kappa shape index (κ3) is 2.69. The number of rotatable bonds is 2. The Morgan fingerprint density at radius 2 is 2.00 bits per heavy atom. The number of sulfone groups is 1. The molecule has 1 aliphatic carbocycles. The highest BCUT2D eigenvalue weighted by Crippen LogP contribution is 2.43. The lowest BCUT2D eigenvalue weighted by Crippen LogP contribution is -2.42. The molecule has 2 fully saturated rings. The number of anilines is 1. The Hall–Kier alpha value is -1.07. The Labute approximate surface area is 126 Å². The van der Waals surface area contributed by atoms with Gasteiger partial charge in [-0.1, -0.05) is 18.9 Å². The highest BCUT2D eigenvalue weighted by Gasteiger charge is 2.44. The van der Waals surface area contributed by atoms with E-state index in [1.807, 2.05) is 13.0 Å². The summed E-state index contributed by atoms with van der Waals surface area (Å²) in [5, 5.41) is -0.367. The molecule has 5 heteroatoms. The zero-order valence-corrected chi connectivity index (χ0v) is 13.3. The first-order valence-electron chi connectivity index (χ1n) is 7.67. The highest BCUT2D eigenvalue weighted by molar-refractivity contribution is 7.92. The number of benzene rings is 1. The minimum atomic E-state index is -3.38. The molecule has 1 saturated heterocycles. The summed E-state index contributed by atoms with van der Waals surface area (Å²) in [5.41, 5.74) is 6.99. The molecule has 1 heterocycles. The maximum absolute atomic E-state index is 13.0. The van der Waals surface area contributed by atoms with Gasteiger partial charge in [-0.05, 0) is 50.3 Å². The molecule has 1 atom stereocenters. The van der Waals surface area contributed by atoms with Gasteiger partial charge in [0, 0.05) is 6.61 Å². The predicted molar refractivity (Wildman–Crippen MR) is 83.0 cm³/mol. The standard InChI is InChI=1S/C16H23NO3S/c1-12-4-5-14(17)15(10-12)21(18,19)13-6-9-20-16(11-13)7-2-3-8-16/h4-5,10,13H,2-3,6-9,11,17H2,1H3. The van der Waals surface area contributed by atoms with Crippen LogP contribution in [0.25, 0.3) is 0 Å². The molecule has 4 nitrogen and oxygen atoms in total. The van der Waals surface area contributed by atoms with Crippen molar-refractivity contribution in [1.82, 2.24) is 0 Å². The van der Waals surface area contributed by atoms with Gasteiger partial charge in [0.15, 0.2) is 9.84 Å². The molecule has 1 saturated carbocycles. The molecule has 116 valence electrons. The fourth-order valence-corrected chi connectivity index (χ4v) is 5.72. The molecule has 0 aromatic heterocycles. The minimum absolute atomic E-state index is 0.200. The monoisotopic (exact) mass is 309 g/mol. The van der Waals surface area contributed by atoms with E-state index in [0.29, 0.717) is 30.0 Å². The van der Waals surface area contributed by atoms with Crippen LogP contribution in [0.4, 0.5) is 5.69 Å². The van der Waals surface area contributed by atoms with Gasteiger partial charge in [0.2, 0.25) is 0 Å². The van der Waals surface area contributed by atoms with Gasteiger partial charge in [0.25, 0.3) is 0 Å². The molecule has 3 rings (SSSR count). The van der Waals surface area contributed by atoms with Crippen LogP contribution in [0.5, 0.6) is 0 Å². The van der Waals surface area contributed by atoms with Crippen LogP contribution in [0, 0.1) is 6.92 Å². The molecule has 1 aromatic rings. The van der Waals surface area contributed by atoms with E-state index in [1.54, 1.807) is 12.1 Å². The average molecular weight is 309 g/mol. The van der Waals surface area contributed by atoms with Crippen LogP contribution < -0.4 is 5.73 Å². The summed E-state index contributed by atoms with van der Waals surface area (Å²) in [4.78, 5) is 0.294. The Bertz CT molecular complexity index is 633. The van der Waals surface area contributed by atoms with Crippen molar-refractivity contribution < 1.29 is 13.2 Å². The van der Waals surface area contributed by atoms with Gasteiger partial charge in [0.05, 0.1) is 21.4 Å². The maximum atomic E-state index is 13.0. The van der Waals surface area contributed by atoms with E-state index in [2.05, 4.69) is 0 Å². The lowest BCUT2D eigenvalue weighted by Gasteiger charge is -2.38. The summed E-state index contributed by atoms with van der Waals surface area (Å²) in [6, 6.07) is 5.23. The van der Waals surface area contributed by atoms with Gasteiger partial charge in [-0.3, -0.25) is 0 Å². The van der Waals surface area contributed by atoms with Crippen LogP contribution in [0.15, 0.2) is 23.1 Å². The van der Waals surface area contributed by atoms with E-state index in [-0.39, 0.29) is 10.9 Å². The second-order valence-electron chi connectivity index (χ2n) is 6.44. The molecule has 2 aliphatic rings. The topological polar surface area (TPSA) is 69.4 Å². The van der Waals surface area contributed by atoms with Crippen LogP contribution in [0.1, 0.15) is 44.1 Å². The highest BCUT2D eigenvalue weighted by atomic mass is 32.2. The number of hydrogen-bond donors (Lipinski definition) is 1. The normalized spacial score (nSPS) is 25.3. The minimum Gasteiger partial charge on any atom is -0.398 e. The molecule has 1 spiro atoms. The molecule has 21 heavy (non-hydrogen) atoms. The van der Waals surface area contributed by atoms with Gasteiger partial charge in [-0.25, -0.2) is 8.42 Å². The Kier molecular flexibility index (Phi) is 3.74. The van der Waals surface area contributed by atoms with Gasteiger partial charge in [-0.15, -0.1) is 0 Å².